The maximum Gasteiger partial charge on any atom is 0.363 e. The second kappa shape index (κ2) is 11.3. The Labute approximate surface area is 192 Å². The third-order valence-electron chi connectivity index (χ3n) is 4.17. The molecule has 0 aliphatic carbocycles. The van der Waals surface area contributed by atoms with Crippen LogP contribution in [0, 0.1) is 5.92 Å². The molecular weight excluding hydrogens is 468 g/mol. The molecule has 0 aromatic carbocycles. The highest BCUT2D eigenvalue weighted by atomic mass is 35.5. The van der Waals surface area contributed by atoms with Crippen LogP contribution in [-0.2, 0) is 15.5 Å². The Morgan fingerprint density at radius 3 is 2.67 bits per heavy atom. The lowest BCUT2D eigenvalue weighted by Crippen LogP contribution is -2.12. The molecule has 0 saturated carbocycles. The van der Waals surface area contributed by atoms with Crippen molar-refractivity contribution in [3.05, 3.63) is 47.3 Å². The number of anilines is 1. The molecule has 3 rings (SSSR count). The number of halogens is 2. The van der Waals surface area contributed by atoms with Crippen molar-refractivity contribution in [1.29, 1.82) is 0 Å². The third kappa shape index (κ3) is 6.06. The Hall–Kier alpha value is -1.41. The summed E-state index contributed by atoms with van der Waals surface area (Å²) in [5.74, 6) is 0.611. The maximum absolute atomic E-state index is 13.2. The molecule has 3 N–H and O–H groups in total. The van der Waals surface area contributed by atoms with E-state index in [4.69, 9.17) is 14.7 Å². The van der Waals surface area contributed by atoms with Gasteiger partial charge in [-0.15, -0.1) is 36.2 Å². The molecule has 2 atom stereocenters. The summed E-state index contributed by atoms with van der Waals surface area (Å²) in [6, 6.07) is 5.04. The zero-order valence-electron chi connectivity index (χ0n) is 16.8. The lowest BCUT2D eigenvalue weighted by molar-refractivity contribution is 0.178. The number of hydrogen-bond acceptors (Lipinski definition) is 7. The van der Waals surface area contributed by atoms with E-state index >= 15 is 0 Å². The van der Waals surface area contributed by atoms with E-state index in [2.05, 4.69) is 23.8 Å². The number of furan rings is 1. The van der Waals surface area contributed by atoms with Gasteiger partial charge in [-0.1, -0.05) is 26.8 Å². The van der Waals surface area contributed by atoms with Crippen molar-refractivity contribution in [2.24, 2.45) is 5.92 Å². The van der Waals surface area contributed by atoms with Crippen LogP contribution in [0.1, 0.15) is 43.7 Å². The molecule has 3 aromatic heterocycles. The number of thiazole rings is 1. The van der Waals surface area contributed by atoms with Crippen LogP contribution in [0.3, 0.4) is 0 Å². The number of aromatic nitrogens is 2. The topological polar surface area (TPSA) is 111 Å². The third-order valence-corrected chi connectivity index (χ3v) is 6.58. The van der Waals surface area contributed by atoms with Gasteiger partial charge in [0.15, 0.2) is 10.9 Å². The smallest absolute Gasteiger partial charge is 0.363 e. The monoisotopic (exact) mass is 493 g/mol. The molecule has 2 unspecified atom stereocenters. The summed E-state index contributed by atoms with van der Waals surface area (Å²) in [4.78, 5) is 20.1. The average molecular weight is 494 g/mol. The summed E-state index contributed by atoms with van der Waals surface area (Å²) in [6.45, 7) is 6.06. The number of hydrogen-bond donors (Lipinski definition) is 2. The van der Waals surface area contributed by atoms with Gasteiger partial charge in [0.25, 0.3) is 0 Å². The predicted molar refractivity (Wildman–Crippen MR) is 125 cm³/mol. The molecule has 0 amide bonds. The molecule has 0 aliphatic rings. The maximum atomic E-state index is 13.2. The van der Waals surface area contributed by atoms with E-state index in [0.29, 0.717) is 23.2 Å². The van der Waals surface area contributed by atoms with Crippen molar-refractivity contribution >= 4 is 54.2 Å². The lowest BCUT2D eigenvalue weighted by Gasteiger charge is -2.20. The summed E-state index contributed by atoms with van der Waals surface area (Å²) < 4.78 is 24.4. The van der Waals surface area contributed by atoms with Crippen molar-refractivity contribution in [2.45, 2.75) is 39.7 Å². The van der Waals surface area contributed by atoms with Gasteiger partial charge in [-0.2, -0.15) is 0 Å². The van der Waals surface area contributed by atoms with E-state index in [0.717, 1.165) is 16.9 Å². The Morgan fingerprint density at radius 1 is 1.33 bits per heavy atom. The Morgan fingerprint density at radius 2 is 2.07 bits per heavy atom. The standard InChI is InChI=1S/C19H24N3O4PS.2ClH/c1-4-14(13-6-5-8-21-11-13)26-27(23,24)15-7-9-25-18(15)17-16(10-12(2)3)28-19(20)22-17;;/h5-9,11-12,14H,4,10H2,1-3H3,(H2,20,22)(H,23,24);2*1H. The van der Waals surface area contributed by atoms with Gasteiger partial charge in [0.2, 0.25) is 0 Å². The van der Waals surface area contributed by atoms with Crippen LogP contribution in [0.2, 0.25) is 0 Å². The molecule has 0 radical (unpaired) electrons. The fourth-order valence-electron chi connectivity index (χ4n) is 2.93. The molecule has 0 fully saturated rings. The van der Waals surface area contributed by atoms with Crippen LogP contribution in [-0.4, -0.2) is 14.9 Å². The van der Waals surface area contributed by atoms with Gasteiger partial charge in [-0.25, -0.2) is 4.98 Å². The van der Waals surface area contributed by atoms with Gasteiger partial charge in [0, 0.05) is 17.3 Å². The minimum Gasteiger partial charge on any atom is -0.462 e. The zero-order valence-corrected chi connectivity index (χ0v) is 20.2. The van der Waals surface area contributed by atoms with Crippen LogP contribution in [0.25, 0.3) is 11.5 Å². The molecule has 0 aliphatic heterocycles. The predicted octanol–water partition coefficient (Wildman–Crippen LogP) is 5.40. The van der Waals surface area contributed by atoms with Crippen molar-refractivity contribution in [3.63, 3.8) is 0 Å². The van der Waals surface area contributed by atoms with Gasteiger partial charge < -0.3 is 15.0 Å². The molecule has 7 nitrogen and oxygen atoms in total. The first-order chi connectivity index (χ1) is 13.3. The van der Waals surface area contributed by atoms with E-state index < -0.39 is 13.7 Å². The normalized spacial score (nSPS) is 13.9. The fourth-order valence-corrected chi connectivity index (χ4v) is 5.36. The van der Waals surface area contributed by atoms with Gasteiger partial charge in [-0.05, 0) is 36.5 Å². The van der Waals surface area contributed by atoms with Crippen molar-refractivity contribution in [1.82, 2.24) is 9.97 Å². The summed E-state index contributed by atoms with van der Waals surface area (Å²) in [7, 11) is -4.18. The molecule has 30 heavy (non-hydrogen) atoms. The van der Waals surface area contributed by atoms with Crippen LogP contribution < -0.4 is 11.0 Å². The minimum atomic E-state index is -4.18. The van der Waals surface area contributed by atoms with Crippen molar-refractivity contribution in [3.8, 4) is 11.5 Å². The molecule has 0 bridgehead atoms. The molecule has 0 spiro atoms. The molecule has 11 heteroatoms. The SMILES string of the molecule is CCC(OP(=O)(O)c1ccoc1-c1nc(N)sc1CC(C)C)c1cccnc1.Cl.Cl. The Bertz CT molecular complexity index is 981. The molecule has 166 valence electrons. The lowest BCUT2D eigenvalue weighted by atomic mass is 10.1. The van der Waals surface area contributed by atoms with Crippen LogP contribution in [0.5, 0.6) is 0 Å². The van der Waals surface area contributed by atoms with E-state index in [-0.39, 0.29) is 35.9 Å². The van der Waals surface area contributed by atoms with E-state index in [1.54, 1.807) is 18.5 Å². The molecule has 3 aromatic rings. The van der Waals surface area contributed by atoms with Crippen LogP contribution >= 0.6 is 43.7 Å². The molecular formula is C19H26Cl2N3O4PS. The first kappa shape index (κ1) is 26.6. The second-order valence-electron chi connectivity index (χ2n) is 6.87. The highest BCUT2D eigenvalue weighted by molar-refractivity contribution is 7.61. The number of nitrogens with two attached hydrogens (primary N) is 1. The largest absolute Gasteiger partial charge is 0.462 e. The van der Waals surface area contributed by atoms with Gasteiger partial charge >= 0.3 is 7.60 Å². The highest BCUT2D eigenvalue weighted by Crippen LogP contribution is 2.49. The minimum absolute atomic E-state index is 0. The van der Waals surface area contributed by atoms with Crippen molar-refractivity contribution < 1.29 is 18.4 Å². The number of nitrogen functional groups attached to an aromatic ring is 1. The van der Waals surface area contributed by atoms with Gasteiger partial charge in [0.05, 0.1) is 12.4 Å². The molecule has 3 heterocycles. The summed E-state index contributed by atoms with van der Waals surface area (Å²) in [6.07, 6.45) is 5.34. The quantitative estimate of drug-likeness (QED) is 0.403. The first-order valence-corrected chi connectivity index (χ1v) is 11.5. The van der Waals surface area contributed by atoms with Crippen LogP contribution in [0.15, 0.2) is 41.3 Å². The highest BCUT2D eigenvalue weighted by Gasteiger charge is 2.34. The van der Waals surface area contributed by atoms with E-state index in [1.165, 1.54) is 23.7 Å². The molecule has 0 saturated heterocycles. The van der Waals surface area contributed by atoms with Crippen LogP contribution in [0.4, 0.5) is 5.13 Å². The number of nitrogens with zero attached hydrogens (tertiary/aromatic N) is 2. The summed E-state index contributed by atoms with van der Waals surface area (Å²) in [5, 5.41) is 0.480. The average Bonchev–Trinajstić information content (AvgIpc) is 3.27. The van der Waals surface area contributed by atoms with E-state index in [1.807, 2.05) is 13.0 Å². The summed E-state index contributed by atoms with van der Waals surface area (Å²) >= 11 is 1.36. The zero-order chi connectivity index (χ0) is 20.3. The van der Waals surface area contributed by atoms with Crippen molar-refractivity contribution in [2.75, 3.05) is 5.73 Å². The first-order valence-electron chi connectivity index (χ1n) is 9.06. The Balaban J connectivity index is 0.00000225. The second-order valence-corrected chi connectivity index (χ2v) is 9.71. The van der Waals surface area contributed by atoms with Gasteiger partial charge in [0.1, 0.15) is 11.0 Å². The van der Waals surface area contributed by atoms with Gasteiger partial charge in [-0.3, -0.25) is 14.1 Å². The number of pyridine rings is 1. The fraction of sp³-hybridized carbons (Fsp3) is 0.368. The summed E-state index contributed by atoms with van der Waals surface area (Å²) in [5.41, 5.74) is 7.14. The van der Waals surface area contributed by atoms with E-state index in [9.17, 15) is 9.46 Å². The number of rotatable bonds is 8. The Kier molecular flexibility index (Phi) is 10.0.